The average Bonchev–Trinajstić information content (AvgIpc) is 2.05. The van der Waals surface area contributed by atoms with Crippen LogP contribution in [-0.4, -0.2) is 24.0 Å². The van der Waals surface area contributed by atoms with Gasteiger partial charge >= 0.3 is 5.97 Å². The van der Waals surface area contributed by atoms with Crippen LogP contribution in [0.5, 0.6) is 0 Å². The summed E-state index contributed by atoms with van der Waals surface area (Å²) in [5, 5.41) is 8.55. The Morgan fingerprint density at radius 3 is 2.47 bits per heavy atom. The third kappa shape index (κ3) is 3.03. The van der Waals surface area contributed by atoms with E-state index in [0.717, 1.165) is 0 Å². The maximum absolute atomic E-state index is 11.0. The molecule has 0 aliphatic rings. The number of hydrogen-bond acceptors (Lipinski definition) is 3. The first-order valence-electron chi connectivity index (χ1n) is 4.09. The maximum Gasteiger partial charge on any atom is 0.307 e. The Labute approximate surface area is 87.1 Å². The van der Waals surface area contributed by atoms with Gasteiger partial charge < -0.3 is 5.11 Å². The van der Waals surface area contributed by atoms with Gasteiger partial charge in [-0.1, -0.05) is 12.1 Å². The van der Waals surface area contributed by atoms with Crippen molar-refractivity contribution < 1.29 is 22.9 Å². The normalized spacial score (nSPS) is 11.3. The molecule has 0 spiro atoms. The molecule has 0 aromatic heterocycles. The zero-order chi connectivity index (χ0) is 11.6. The zero-order valence-corrected chi connectivity index (χ0v) is 8.78. The fourth-order valence-corrected chi connectivity index (χ4v) is 2.02. The number of rotatable bonds is 3. The molecule has 0 heterocycles. The molecule has 2 N–H and O–H groups in total. The van der Waals surface area contributed by atoms with Crippen LogP contribution in [0.3, 0.4) is 0 Å². The van der Waals surface area contributed by atoms with Crippen LogP contribution >= 0.6 is 0 Å². The van der Waals surface area contributed by atoms with E-state index >= 15 is 0 Å². The summed E-state index contributed by atoms with van der Waals surface area (Å²) in [6, 6.07) is 4.22. The number of benzene rings is 1. The molecule has 0 aliphatic heterocycles. The summed E-state index contributed by atoms with van der Waals surface area (Å²) in [6.45, 7) is 1.65. The lowest BCUT2D eigenvalue weighted by atomic mass is 10.1. The standard InChI is InChI=1S/C9H10O5S/c1-6-2-3-7(5-9(10)11)8(4-6)15(12,13)14/h2-4H,5H2,1H3,(H,10,11)(H,12,13,14). The molecule has 0 fully saturated rings. The van der Waals surface area contributed by atoms with Gasteiger partial charge in [0.15, 0.2) is 0 Å². The van der Waals surface area contributed by atoms with Crippen molar-refractivity contribution >= 4 is 16.1 Å². The molecule has 0 saturated heterocycles. The Bertz CT molecular complexity index is 489. The van der Waals surface area contributed by atoms with Crippen LogP contribution < -0.4 is 0 Å². The molecule has 5 nitrogen and oxygen atoms in total. The molecule has 0 unspecified atom stereocenters. The largest absolute Gasteiger partial charge is 0.481 e. The van der Waals surface area contributed by atoms with Crippen molar-refractivity contribution in [3.8, 4) is 0 Å². The second-order valence-electron chi connectivity index (χ2n) is 3.16. The predicted molar refractivity (Wildman–Crippen MR) is 52.3 cm³/mol. The van der Waals surface area contributed by atoms with Crippen molar-refractivity contribution in [1.82, 2.24) is 0 Å². The van der Waals surface area contributed by atoms with E-state index in [1.165, 1.54) is 12.1 Å². The monoisotopic (exact) mass is 230 g/mol. The lowest BCUT2D eigenvalue weighted by Gasteiger charge is -2.05. The van der Waals surface area contributed by atoms with E-state index in [0.29, 0.717) is 5.56 Å². The molecule has 0 saturated carbocycles. The molecule has 0 radical (unpaired) electrons. The first kappa shape index (κ1) is 11.7. The SMILES string of the molecule is Cc1ccc(CC(=O)O)c(S(=O)(=O)O)c1. The van der Waals surface area contributed by atoms with Crippen LogP contribution in [0.2, 0.25) is 0 Å². The van der Waals surface area contributed by atoms with Crippen molar-refractivity contribution in [2.75, 3.05) is 0 Å². The van der Waals surface area contributed by atoms with Gasteiger partial charge in [0.05, 0.1) is 11.3 Å². The molecule has 1 rings (SSSR count). The van der Waals surface area contributed by atoms with Crippen LogP contribution in [0, 0.1) is 6.92 Å². The summed E-state index contributed by atoms with van der Waals surface area (Å²) in [6.07, 6.45) is -0.435. The van der Waals surface area contributed by atoms with Gasteiger partial charge in [0.25, 0.3) is 10.1 Å². The number of carbonyl (C=O) groups is 1. The summed E-state index contributed by atoms with van der Waals surface area (Å²) in [4.78, 5) is 10.1. The van der Waals surface area contributed by atoms with Crippen molar-refractivity contribution in [3.63, 3.8) is 0 Å². The highest BCUT2D eigenvalue weighted by Gasteiger charge is 2.17. The molecule has 6 heteroatoms. The van der Waals surface area contributed by atoms with Crippen LogP contribution in [0.15, 0.2) is 23.1 Å². The molecule has 1 aromatic carbocycles. The van der Waals surface area contributed by atoms with Crippen LogP contribution in [0.25, 0.3) is 0 Å². The van der Waals surface area contributed by atoms with Gasteiger partial charge in [-0.2, -0.15) is 8.42 Å². The van der Waals surface area contributed by atoms with Crippen molar-refractivity contribution in [2.24, 2.45) is 0 Å². The van der Waals surface area contributed by atoms with E-state index in [1.54, 1.807) is 13.0 Å². The topological polar surface area (TPSA) is 91.7 Å². The lowest BCUT2D eigenvalue weighted by molar-refractivity contribution is -0.136. The van der Waals surface area contributed by atoms with E-state index in [4.69, 9.17) is 9.66 Å². The first-order chi connectivity index (χ1) is 6.80. The third-order valence-electron chi connectivity index (χ3n) is 1.84. The summed E-state index contributed by atoms with van der Waals surface area (Å²) in [5.74, 6) is -1.15. The number of aryl methyl sites for hydroxylation is 1. The highest BCUT2D eigenvalue weighted by atomic mass is 32.2. The van der Waals surface area contributed by atoms with Crippen molar-refractivity contribution in [1.29, 1.82) is 0 Å². The minimum atomic E-state index is -4.36. The zero-order valence-electron chi connectivity index (χ0n) is 7.97. The Kier molecular flexibility index (Phi) is 3.11. The third-order valence-corrected chi connectivity index (χ3v) is 2.78. The Balaban J connectivity index is 3.33. The molecule has 0 atom stereocenters. The van der Waals surface area contributed by atoms with E-state index in [1.807, 2.05) is 0 Å². The number of carboxylic acids is 1. The minimum Gasteiger partial charge on any atom is -0.481 e. The van der Waals surface area contributed by atoms with Crippen LogP contribution in [0.4, 0.5) is 0 Å². The van der Waals surface area contributed by atoms with E-state index in [-0.39, 0.29) is 10.5 Å². The van der Waals surface area contributed by atoms with Gasteiger partial charge in [-0.15, -0.1) is 0 Å². The lowest BCUT2D eigenvalue weighted by Crippen LogP contribution is -2.08. The van der Waals surface area contributed by atoms with E-state index in [2.05, 4.69) is 0 Å². The minimum absolute atomic E-state index is 0.0793. The molecule has 0 bridgehead atoms. The average molecular weight is 230 g/mol. The molecular weight excluding hydrogens is 220 g/mol. The van der Waals surface area contributed by atoms with Crippen molar-refractivity contribution in [2.45, 2.75) is 18.2 Å². The van der Waals surface area contributed by atoms with Gasteiger partial charge in [-0.25, -0.2) is 0 Å². The Hall–Kier alpha value is -1.40. The molecule has 1 aromatic rings. The highest BCUT2D eigenvalue weighted by molar-refractivity contribution is 7.85. The fraction of sp³-hybridized carbons (Fsp3) is 0.222. The second kappa shape index (κ2) is 4.00. The van der Waals surface area contributed by atoms with Crippen LogP contribution in [0.1, 0.15) is 11.1 Å². The molecule has 0 amide bonds. The number of aliphatic carboxylic acids is 1. The molecule has 82 valence electrons. The smallest absolute Gasteiger partial charge is 0.307 e. The fourth-order valence-electron chi connectivity index (χ4n) is 1.21. The van der Waals surface area contributed by atoms with Gasteiger partial charge in [0, 0.05) is 0 Å². The molecule has 0 aliphatic carbocycles. The maximum atomic E-state index is 11.0. The van der Waals surface area contributed by atoms with Gasteiger partial charge in [-0.05, 0) is 24.1 Å². The molecule has 15 heavy (non-hydrogen) atoms. The Morgan fingerprint density at radius 2 is 2.00 bits per heavy atom. The first-order valence-corrected chi connectivity index (χ1v) is 5.53. The van der Waals surface area contributed by atoms with E-state index < -0.39 is 22.5 Å². The second-order valence-corrected chi connectivity index (χ2v) is 4.55. The van der Waals surface area contributed by atoms with Crippen molar-refractivity contribution in [3.05, 3.63) is 29.3 Å². The van der Waals surface area contributed by atoms with Crippen LogP contribution in [-0.2, 0) is 21.3 Å². The van der Waals surface area contributed by atoms with Gasteiger partial charge in [0.1, 0.15) is 0 Å². The van der Waals surface area contributed by atoms with Gasteiger partial charge in [0.2, 0.25) is 0 Å². The summed E-state index contributed by atoms with van der Waals surface area (Å²) < 4.78 is 30.8. The van der Waals surface area contributed by atoms with Gasteiger partial charge in [-0.3, -0.25) is 9.35 Å². The predicted octanol–water partition coefficient (Wildman–Crippen LogP) is 0.869. The molecular formula is C9H10O5S. The summed E-state index contributed by atoms with van der Waals surface area (Å²) in [5.41, 5.74) is 0.715. The quantitative estimate of drug-likeness (QED) is 0.752. The highest BCUT2D eigenvalue weighted by Crippen LogP contribution is 2.17. The van der Waals surface area contributed by atoms with E-state index in [9.17, 15) is 13.2 Å². The number of hydrogen-bond donors (Lipinski definition) is 2. The number of carboxylic acid groups (broad SMARTS) is 1. The summed E-state index contributed by atoms with van der Waals surface area (Å²) in [7, 11) is -4.36. The Morgan fingerprint density at radius 1 is 1.40 bits per heavy atom. The summed E-state index contributed by atoms with van der Waals surface area (Å²) >= 11 is 0.